The van der Waals surface area contributed by atoms with Crippen molar-refractivity contribution in [3.05, 3.63) is 63.6 Å². The van der Waals surface area contributed by atoms with Gasteiger partial charge in [0, 0.05) is 45.5 Å². The lowest BCUT2D eigenvalue weighted by Gasteiger charge is -2.35. The van der Waals surface area contributed by atoms with Gasteiger partial charge in [-0.2, -0.15) is 31.3 Å². The molecule has 0 radical (unpaired) electrons. The van der Waals surface area contributed by atoms with Gasteiger partial charge < -0.3 is 19.1 Å². The van der Waals surface area contributed by atoms with Crippen LogP contribution < -0.4 is 9.47 Å². The first-order valence-electron chi connectivity index (χ1n) is 13.5. The van der Waals surface area contributed by atoms with Crippen LogP contribution in [0.15, 0.2) is 46.3 Å². The number of piperazine rings is 1. The van der Waals surface area contributed by atoms with Crippen molar-refractivity contribution < 1.29 is 45.3 Å². The van der Waals surface area contributed by atoms with Crippen molar-refractivity contribution in [2.24, 2.45) is 4.99 Å². The van der Waals surface area contributed by atoms with Gasteiger partial charge in [0.05, 0.1) is 23.1 Å². The molecule has 2 aliphatic heterocycles. The second kappa shape index (κ2) is 14.0. The fourth-order valence-corrected chi connectivity index (χ4v) is 5.59. The lowest BCUT2D eigenvalue weighted by Crippen LogP contribution is -2.47. The predicted molar refractivity (Wildman–Crippen MR) is 151 cm³/mol. The number of aliphatic imine (C=N–C) groups is 1. The van der Waals surface area contributed by atoms with E-state index in [0.717, 1.165) is 58.2 Å². The van der Waals surface area contributed by atoms with Crippen molar-refractivity contribution in [3.8, 4) is 11.5 Å². The Bertz CT molecular complexity index is 1350. The van der Waals surface area contributed by atoms with Crippen LogP contribution in [0.1, 0.15) is 35.1 Å². The third-order valence-electron chi connectivity index (χ3n) is 6.94. The molecule has 234 valence electrons. The van der Waals surface area contributed by atoms with E-state index in [1.165, 1.54) is 24.9 Å². The SMILES string of the molecule is COCCCCN1CCN(C2=NC(=O)/C(=C/c3ccc(OCc4ccc(C(F)(F)F)cc4C(F)(F)F)c(OC)c3)S2)CC1. The number of benzene rings is 2. The molecule has 1 amide bonds. The zero-order valence-electron chi connectivity index (χ0n) is 23.6. The molecule has 0 saturated carbocycles. The van der Waals surface area contributed by atoms with Crippen LogP contribution in [-0.2, 0) is 28.5 Å². The maximum Gasteiger partial charge on any atom is 0.416 e. The first kappa shape index (κ1) is 32.7. The fourth-order valence-electron chi connectivity index (χ4n) is 4.62. The van der Waals surface area contributed by atoms with Crippen LogP contribution in [-0.4, -0.2) is 74.4 Å². The van der Waals surface area contributed by atoms with Gasteiger partial charge in [-0.25, -0.2) is 0 Å². The molecule has 0 spiro atoms. The highest BCUT2D eigenvalue weighted by Crippen LogP contribution is 2.39. The molecule has 43 heavy (non-hydrogen) atoms. The molecular formula is C29H31F6N3O4S. The molecule has 2 aromatic rings. The molecule has 0 atom stereocenters. The molecule has 7 nitrogen and oxygen atoms in total. The summed E-state index contributed by atoms with van der Waals surface area (Å²) in [5.41, 5.74) is -2.72. The van der Waals surface area contributed by atoms with Crippen molar-refractivity contribution in [2.75, 3.05) is 53.6 Å². The van der Waals surface area contributed by atoms with Crippen LogP contribution in [0.4, 0.5) is 26.3 Å². The Morgan fingerprint density at radius 1 is 0.930 bits per heavy atom. The Kier molecular flexibility index (Phi) is 10.7. The van der Waals surface area contributed by atoms with Gasteiger partial charge in [0.15, 0.2) is 16.7 Å². The van der Waals surface area contributed by atoms with Gasteiger partial charge in [-0.1, -0.05) is 12.1 Å². The van der Waals surface area contributed by atoms with Crippen molar-refractivity contribution >= 4 is 28.9 Å². The topological polar surface area (TPSA) is 63.6 Å². The number of nitrogens with zero attached hydrogens (tertiary/aromatic N) is 3. The molecule has 2 aromatic carbocycles. The van der Waals surface area contributed by atoms with Gasteiger partial charge >= 0.3 is 12.4 Å². The number of halogens is 6. The van der Waals surface area contributed by atoms with E-state index < -0.39 is 35.6 Å². The molecule has 0 bridgehead atoms. The van der Waals surface area contributed by atoms with Crippen molar-refractivity contribution in [1.82, 2.24) is 9.80 Å². The number of ether oxygens (including phenoxy) is 3. The number of methoxy groups -OCH3 is 2. The van der Waals surface area contributed by atoms with Crippen LogP contribution >= 0.6 is 11.8 Å². The van der Waals surface area contributed by atoms with Crippen molar-refractivity contribution in [1.29, 1.82) is 0 Å². The third kappa shape index (κ3) is 8.67. The lowest BCUT2D eigenvalue weighted by molar-refractivity contribution is -0.143. The number of thioether (sulfide) groups is 1. The molecule has 0 aromatic heterocycles. The van der Waals surface area contributed by atoms with Crippen LogP contribution in [0, 0.1) is 0 Å². The Hall–Kier alpha value is -3.23. The Morgan fingerprint density at radius 3 is 2.33 bits per heavy atom. The normalized spacial score (nSPS) is 17.5. The average molecular weight is 632 g/mol. The van der Waals surface area contributed by atoms with E-state index in [4.69, 9.17) is 14.2 Å². The van der Waals surface area contributed by atoms with Gasteiger partial charge in [-0.3, -0.25) is 9.69 Å². The molecule has 0 unspecified atom stereocenters. The highest BCUT2D eigenvalue weighted by atomic mass is 32.2. The number of amides is 1. The summed E-state index contributed by atoms with van der Waals surface area (Å²) in [7, 11) is 3.03. The molecule has 4 rings (SSSR count). The molecule has 1 fully saturated rings. The van der Waals surface area contributed by atoms with E-state index in [2.05, 4.69) is 14.8 Å². The van der Waals surface area contributed by atoms with Crippen LogP contribution in [0.5, 0.6) is 11.5 Å². The van der Waals surface area contributed by atoms with E-state index in [9.17, 15) is 31.1 Å². The summed E-state index contributed by atoms with van der Waals surface area (Å²) in [6.45, 7) is 4.35. The maximum atomic E-state index is 13.5. The summed E-state index contributed by atoms with van der Waals surface area (Å²) >= 11 is 1.27. The summed E-state index contributed by atoms with van der Waals surface area (Å²) in [5.74, 6) is -0.114. The van der Waals surface area contributed by atoms with Gasteiger partial charge in [0.25, 0.3) is 5.91 Å². The third-order valence-corrected chi connectivity index (χ3v) is 7.98. The smallest absolute Gasteiger partial charge is 0.416 e. The van der Waals surface area contributed by atoms with Gasteiger partial charge in [0.2, 0.25) is 0 Å². The van der Waals surface area contributed by atoms with E-state index in [-0.39, 0.29) is 23.5 Å². The van der Waals surface area contributed by atoms with E-state index >= 15 is 0 Å². The molecule has 2 heterocycles. The first-order valence-corrected chi connectivity index (χ1v) is 14.3. The van der Waals surface area contributed by atoms with Crippen LogP contribution in [0.2, 0.25) is 0 Å². The number of carbonyl (C=O) groups is 1. The largest absolute Gasteiger partial charge is 0.493 e. The Morgan fingerprint density at radius 2 is 1.67 bits per heavy atom. The number of unbranched alkanes of at least 4 members (excludes halogenated alkanes) is 1. The van der Waals surface area contributed by atoms with E-state index in [1.807, 2.05) is 0 Å². The average Bonchev–Trinajstić information content (AvgIpc) is 3.33. The minimum Gasteiger partial charge on any atom is -0.493 e. The predicted octanol–water partition coefficient (Wildman–Crippen LogP) is 6.33. The van der Waals surface area contributed by atoms with Crippen LogP contribution in [0.25, 0.3) is 6.08 Å². The summed E-state index contributed by atoms with van der Waals surface area (Å²) in [6, 6.07) is 6.00. The number of carbonyl (C=O) groups excluding carboxylic acids is 1. The second-order valence-corrected chi connectivity index (χ2v) is 10.9. The molecule has 14 heteroatoms. The fraction of sp³-hybridized carbons (Fsp3) is 0.448. The zero-order chi connectivity index (χ0) is 31.2. The zero-order valence-corrected chi connectivity index (χ0v) is 24.4. The second-order valence-electron chi connectivity index (χ2n) is 9.91. The van der Waals surface area contributed by atoms with Crippen molar-refractivity contribution in [3.63, 3.8) is 0 Å². The van der Waals surface area contributed by atoms with Crippen LogP contribution in [0.3, 0.4) is 0 Å². The van der Waals surface area contributed by atoms with E-state index in [1.54, 1.807) is 25.3 Å². The Labute approximate surface area is 249 Å². The molecule has 0 aliphatic carbocycles. The summed E-state index contributed by atoms with van der Waals surface area (Å²) < 4.78 is 95.4. The minimum absolute atomic E-state index is 0.0716. The highest BCUT2D eigenvalue weighted by Gasteiger charge is 2.38. The molecule has 1 saturated heterocycles. The lowest BCUT2D eigenvalue weighted by atomic mass is 10.0. The van der Waals surface area contributed by atoms with E-state index in [0.29, 0.717) is 21.7 Å². The number of hydrogen-bond acceptors (Lipinski definition) is 7. The minimum atomic E-state index is -5.01. The summed E-state index contributed by atoms with van der Waals surface area (Å²) in [4.78, 5) is 21.7. The van der Waals surface area contributed by atoms with Crippen molar-refractivity contribution in [2.45, 2.75) is 31.8 Å². The Balaban J connectivity index is 1.39. The first-order chi connectivity index (χ1) is 20.4. The quantitative estimate of drug-likeness (QED) is 0.173. The standard InChI is InChI=1S/C29H31F6N3O4S/c1-40-14-4-3-9-37-10-12-38(13-11-37)27-36-26(39)25(43-27)16-19-5-8-23(24(15-19)41-2)42-18-20-6-7-21(28(30,31)32)17-22(20)29(33,34)35/h5-8,15-17H,3-4,9-14,18H2,1-2H3/b25-16-. The monoisotopic (exact) mass is 631 g/mol. The summed E-state index contributed by atoms with van der Waals surface area (Å²) in [6.07, 6.45) is -6.22. The van der Waals surface area contributed by atoms with Gasteiger partial charge in [0.1, 0.15) is 6.61 Å². The molecule has 2 aliphatic rings. The number of rotatable bonds is 10. The maximum absolute atomic E-state index is 13.5. The van der Waals surface area contributed by atoms with Gasteiger partial charge in [-0.05, 0) is 67.1 Å². The number of amidine groups is 1. The highest BCUT2D eigenvalue weighted by molar-refractivity contribution is 8.18. The summed E-state index contributed by atoms with van der Waals surface area (Å²) in [5, 5.41) is 0.638. The number of alkyl halides is 6. The van der Waals surface area contributed by atoms with Gasteiger partial charge in [-0.15, -0.1) is 0 Å². The molecule has 0 N–H and O–H groups in total. The number of hydrogen-bond donors (Lipinski definition) is 0. The molecular weight excluding hydrogens is 600 g/mol.